The smallest absolute Gasteiger partial charge is 0.160 e. The lowest BCUT2D eigenvalue weighted by atomic mass is 10.1. The fourth-order valence-electron chi connectivity index (χ4n) is 4.50. The normalized spacial score (nSPS) is 18.5. The summed E-state index contributed by atoms with van der Waals surface area (Å²) >= 11 is 0. The molecule has 2 aliphatic heterocycles. The number of aromatic nitrogens is 4. The summed E-state index contributed by atoms with van der Waals surface area (Å²) in [6.45, 7) is 9.42. The van der Waals surface area contributed by atoms with E-state index in [0.717, 1.165) is 50.8 Å². The van der Waals surface area contributed by atoms with Crippen molar-refractivity contribution in [2.75, 3.05) is 19.6 Å². The third kappa shape index (κ3) is 4.72. The number of fused-ring (bicyclic) bond motifs is 1. The van der Waals surface area contributed by atoms with E-state index in [1.807, 2.05) is 6.20 Å². The predicted molar refractivity (Wildman–Crippen MR) is 124 cm³/mol. The highest BCUT2D eigenvalue weighted by atomic mass is 35.5. The summed E-state index contributed by atoms with van der Waals surface area (Å²) in [6.07, 6.45) is 5.26. The van der Waals surface area contributed by atoms with Gasteiger partial charge in [-0.2, -0.15) is 5.10 Å². The number of likely N-dealkylation sites (tertiary alicyclic amines) is 1. The molecule has 0 radical (unpaired) electrons. The lowest BCUT2D eigenvalue weighted by Gasteiger charge is -2.18. The number of benzene rings is 1. The van der Waals surface area contributed by atoms with Gasteiger partial charge >= 0.3 is 0 Å². The Morgan fingerprint density at radius 1 is 1.17 bits per heavy atom. The van der Waals surface area contributed by atoms with Crippen molar-refractivity contribution in [1.29, 1.82) is 0 Å². The number of rotatable bonds is 5. The van der Waals surface area contributed by atoms with Gasteiger partial charge in [-0.25, -0.2) is 4.98 Å². The predicted octanol–water partition coefficient (Wildman–Crippen LogP) is 3.52. The Labute approximate surface area is 190 Å². The molecule has 6 nitrogen and oxygen atoms in total. The first-order valence-electron chi connectivity index (χ1n) is 10.3. The van der Waals surface area contributed by atoms with Gasteiger partial charge in [0.15, 0.2) is 5.82 Å². The Bertz CT molecular complexity index is 943. The van der Waals surface area contributed by atoms with Gasteiger partial charge in [-0.1, -0.05) is 24.3 Å². The van der Waals surface area contributed by atoms with Crippen LogP contribution in [0, 0.1) is 12.8 Å². The van der Waals surface area contributed by atoms with Crippen LogP contribution in [0.2, 0.25) is 0 Å². The molecule has 0 aliphatic carbocycles. The topological polar surface area (TPSA) is 50.9 Å². The van der Waals surface area contributed by atoms with Crippen molar-refractivity contribution in [2.24, 2.45) is 5.92 Å². The van der Waals surface area contributed by atoms with Crippen LogP contribution in [0.25, 0.3) is 11.5 Å². The second-order valence-electron chi connectivity index (χ2n) is 8.14. The van der Waals surface area contributed by atoms with Crippen LogP contribution in [0.1, 0.15) is 23.2 Å². The molecule has 5 rings (SSSR count). The highest BCUT2D eigenvalue weighted by molar-refractivity contribution is 5.85. The molecule has 1 unspecified atom stereocenters. The Kier molecular flexibility index (Phi) is 7.58. The molecule has 30 heavy (non-hydrogen) atoms. The minimum absolute atomic E-state index is 0. The van der Waals surface area contributed by atoms with Crippen LogP contribution < -0.4 is 5.32 Å². The van der Waals surface area contributed by atoms with Crippen molar-refractivity contribution < 1.29 is 0 Å². The van der Waals surface area contributed by atoms with Crippen LogP contribution >= 0.6 is 24.8 Å². The number of aryl methyl sites for hydroxylation is 1. The highest BCUT2D eigenvalue weighted by Gasteiger charge is 2.24. The Morgan fingerprint density at radius 2 is 2.03 bits per heavy atom. The maximum Gasteiger partial charge on any atom is 0.160 e. The van der Waals surface area contributed by atoms with Crippen LogP contribution in [0.15, 0.2) is 42.7 Å². The van der Waals surface area contributed by atoms with Crippen molar-refractivity contribution in [3.63, 3.8) is 0 Å². The first kappa shape index (κ1) is 22.8. The summed E-state index contributed by atoms with van der Waals surface area (Å²) < 4.78 is 4.41. The third-order valence-corrected chi connectivity index (χ3v) is 6.09. The molecule has 3 aromatic rings. The van der Waals surface area contributed by atoms with E-state index in [2.05, 4.69) is 67.9 Å². The van der Waals surface area contributed by atoms with E-state index in [9.17, 15) is 0 Å². The van der Waals surface area contributed by atoms with Crippen molar-refractivity contribution in [3.8, 4) is 11.5 Å². The largest absolute Gasteiger partial charge is 0.329 e. The van der Waals surface area contributed by atoms with Gasteiger partial charge < -0.3 is 9.88 Å². The maximum atomic E-state index is 4.79. The van der Waals surface area contributed by atoms with Gasteiger partial charge in [-0.15, -0.1) is 24.8 Å². The molecule has 162 valence electrons. The first-order valence-corrected chi connectivity index (χ1v) is 10.3. The van der Waals surface area contributed by atoms with Crippen molar-refractivity contribution in [3.05, 3.63) is 59.5 Å². The molecule has 2 aliphatic rings. The van der Waals surface area contributed by atoms with E-state index in [-0.39, 0.29) is 24.8 Å². The molecule has 1 saturated heterocycles. The Balaban J connectivity index is 0.00000128. The quantitative estimate of drug-likeness (QED) is 0.648. The van der Waals surface area contributed by atoms with Crippen molar-refractivity contribution in [2.45, 2.75) is 39.5 Å². The number of hydrogen-bond acceptors (Lipinski definition) is 4. The lowest BCUT2D eigenvalue weighted by Crippen LogP contribution is -2.28. The van der Waals surface area contributed by atoms with E-state index < -0.39 is 0 Å². The van der Waals surface area contributed by atoms with E-state index in [0.29, 0.717) is 5.92 Å². The molecule has 1 atom stereocenters. The molecule has 0 spiro atoms. The fourth-order valence-corrected chi connectivity index (χ4v) is 4.50. The minimum atomic E-state index is 0. The summed E-state index contributed by atoms with van der Waals surface area (Å²) in [4.78, 5) is 7.21. The van der Waals surface area contributed by atoms with Gasteiger partial charge in [0, 0.05) is 45.1 Å². The molecule has 0 amide bonds. The minimum Gasteiger partial charge on any atom is -0.329 e. The SMILES string of the molecule is Cc1ccccc1CN1CCC(Cn2ccnc2-c2cc3n(n2)CCNC3)C1.Cl.Cl. The molecule has 1 aromatic carbocycles. The maximum absolute atomic E-state index is 4.79. The number of halogens is 2. The van der Waals surface area contributed by atoms with Crippen molar-refractivity contribution >= 4 is 24.8 Å². The highest BCUT2D eigenvalue weighted by Crippen LogP contribution is 2.25. The van der Waals surface area contributed by atoms with E-state index >= 15 is 0 Å². The van der Waals surface area contributed by atoms with Crippen LogP contribution in [-0.2, 0) is 26.2 Å². The number of nitrogens with one attached hydrogen (secondary N) is 1. The zero-order valence-electron chi connectivity index (χ0n) is 17.3. The summed E-state index contributed by atoms with van der Waals surface area (Å²) in [7, 11) is 0. The molecule has 4 heterocycles. The molecule has 2 aromatic heterocycles. The monoisotopic (exact) mass is 448 g/mol. The van der Waals surface area contributed by atoms with Crippen molar-refractivity contribution in [1.82, 2.24) is 29.5 Å². The Hall–Kier alpha value is -1.86. The summed E-state index contributed by atoms with van der Waals surface area (Å²) in [5.74, 6) is 1.66. The lowest BCUT2D eigenvalue weighted by molar-refractivity contribution is 0.309. The summed E-state index contributed by atoms with van der Waals surface area (Å²) in [5, 5.41) is 8.20. The summed E-state index contributed by atoms with van der Waals surface area (Å²) in [6, 6.07) is 10.9. The third-order valence-electron chi connectivity index (χ3n) is 6.09. The average molecular weight is 449 g/mol. The second-order valence-corrected chi connectivity index (χ2v) is 8.14. The Morgan fingerprint density at radius 3 is 2.87 bits per heavy atom. The molecular weight excluding hydrogens is 419 g/mol. The summed E-state index contributed by atoms with van der Waals surface area (Å²) in [5.41, 5.74) is 5.09. The zero-order chi connectivity index (χ0) is 18.9. The van der Waals surface area contributed by atoms with Gasteiger partial charge in [0.05, 0.1) is 12.2 Å². The first-order chi connectivity index (χ1) is 13.8. The molecule has 0 saturated carbocycles. The van der Waals surface area contributed by atoms with E-state index in [1.165, 1.54) is 29.8 Å². The van der Waals surface area contributed by atoms with E-state index in [4.69, 9.17) is 5.10 Å². The second kappa shape index (κ2) is 9.96. The van der Waals surface area contributed by atoms with Crippen LogP contribution in [-0.4, -0.2) is 43.9 Å². The van der Waals surface area contributed by atoms with Gasteiger partial charge in [-0.05, 0) is 43.0 Å². The van der Waals surface area contributed by atoms with Gasteiger partial charge in [0.1, 0.15) is 5.69 Å². The molecule has 8 heteroatoms. The zero-order valence-corrected chi connectivity index (χ0v) is 19.0. The number of nitrogens with zero attached hydrogens (tertiary/aromatic N) is 5. The van der Waals surface area contributed by atoms with Crippen LogP contribution in [0.5, 0.6) is 0 Å². The van der Waals surface area contributed by atoms with Crippen LogP contribution in [0.3, 0.4) is 0 Å². The standard InChI is InChI=1S/C22H28N6.2ClH/c1-17-4-2-3-5-19(17)16-26-9-6-18(14-26)15-27-10-8-24-22(27)21-12-20-13-23-7-11-28(20)25-21;;/h2-5,8,10,12,18,23H,6-7,9,11,13-16H2,1H3;2*1H. The molecule has 1 fully saturated rings. The van der Waals surface area contributed by atoms with Gasteiger partial charge in [-0.3, -0.25) is 9.58 Å². The van der Waals surface area contributed by atoms with Crippen LogP contribution in [0.4, 0.5) is 0 Å². The number of hydrogen-bond donors (Lipinski definition) is 1. The van der Waals surface area contributed by atoms with Gasteiger partial charge in [0.25, 0.3) is 0 Å². The number of imidazole rings is 1. The molecular formula is C22H30Cl2N6. The molecule has 0 bridgehead atoms. The van der Waals surface area contributed by atoms with Gasteiger partial charge in [0.2, 0.25) is 0 Å². The molecule has 1 N–H and O–H groups in total. The average Bonchev–Trinajstić information content (AvgIpc) is 3.43. The van der Waals surface area contributed by atoms with E-state index in [1.54, 1.807) is 0 Å². The fraction of sp³-hybridized carbons (Fsp3) is 0.455.